The predicted octanol–water partition coefficient (Wildman–Crippen LogP) is 4.75. The van der Waals surface area contributed by atoms with Crippen LogP contribution in [0.5, 0.6) is 5.75 Å². The second kappa shape index (κ2) is 15.6. The summed E-state index contributed by atoms with van der Waals surface area (Å²) in [5, 5.41) is 13.7. The molecule has 0 saturated carbocycles. The van der Waals surface area contributed by atoms with Crippen LogP contribution in [-0.4, -0.2) is 58.4 Å². The fourth-order valence-corrected chi connectivity index (χ4v) is 11.9. The van der Waals surface area contributed by atoms with Crippen molar-refractivity contribution in [3.05, 3.63) is 164 Å². The van der Waals surface area contributed by atoms with Gasteiger partial charge in [0.1, 0.15) is 24.7 Å². The summed E-state index contributed by atoms with van der Waals surface area (Å²) >= 11 is 0. The molecule has 0 spiro atoms. The number of nitro groups is 1. The SMILES string of the molecule is CC(C)(C)[Si](O[C@H]1[C@@H]2ON(C(=O)Oc3ccc([N+](=O)[O-])cc3)C[C@H]1O[C@H]2n1ccc(=O)n(COCc2ccccc2)c1=O)(c1ccccc1)c1ccccc1. The molecule has 15 heteroatoms. The number of hydroxylamine groups is 2. The molecule has 2 saturated heterocycles. The first-order valence-electron chi connectivity index (χ1n) is 17.7. The van der Waals surface area contributed by atoms with Crippen LogP contribution in [0.1, 0.15) is 32.6 Å². The van der Waals surface area contributed by atoms with Gasteiger partial charge in [0.2, 0.25) is 0 Å². The molecule has 4 aromatic carbocycles. The quantitative estimate of drug-likeness (QED) is 0.105. The minimum atomic E-state index is -3.23. The third kappa shape index (κ3) is 7.52. The molecule has 7 rings (SSSR count). The average Bonchev–Trinajstić information content (AvgIpc) is 3.37. The van der Waals surface area contributed by atoms with Gasteiger partial charge in [0.05, 0.1) is 18.1 Å². The Bertz CT molecular complexity index is 2210. The van der Waals surface area contributed by atoms with Crippen molar-refractivity contribution in [1.29, 1.82) is 0 Å². The van der Waals surface area contributed by atoms with Crippen LogP contribution in [-0.2, 0) is 32.1 Å². The Labute approximate surface area is 317 Å². The van der Waals surface area contributed by atoms with Gasteiger partial charge in [-0.15, -0.1) is 0 Å². The number of nitro benzene ring substituents is 1. The highest BCUT2D eigenvalue weighted by molar-refractivity contribution is 6.99. The summed E-state index contributed by atoms with van der Waals surface area (Å²) in [5.74, 6) is 0.0634. The van der Waals surface area contributed by atoms with Crippen molar-refractivity contribution in [2.24, 2.45) is 0 Å². The van der Waals surface area contributed by atoms with E-state index in [0.717, 1.165) is 25.6 Å². The number of nitrogens with zero attached hydrogens (tertiary/aromatic N) is 4. The highest BCUT2D eigenvalue weighted by Gasteiger charge is 2.60. The van der Waals surface area contributed by atoms with Gasteiger partial charge in [-0.05, 0) is 33.1 Å². The van der Waals surface area contributed by atoms with Gasteiger partial charge in [0.25, 0.3) is 19.6 Å². The summed E-state index contributed by atoms with van der Waals surface area (Å²) in [7, 11) is -3.23. The average molecular weight is 765 g/mol. The number of amides is 1. The van der Waals surface area contributed by atoms with Crippen molar-refractivity contribution in [2.45, 2.75) is 63.7 Å². The molecule has 284 valence electrons. The predicted molar refractivity (Wildman–Crippen MR) is 203 cm³/mol. The van der Waals surface area contributed by atoms with Crippen molar-refractivity contribution in [3.8, 4) is 5.75 Å². The maximum absolute atomic E-state index is 14.1. The summed E-state index contributed by atoms with van der Waals surface area (Å²) in [5.41, 5.74) is -0.559. The molecule has 2 aliphatic rings. The summed E-state index contributed by atoms with van der Waals surface area (Å²) in [6, 6.07) is 35.7. The number of fused-ring (bicyclic) bond motifs is 2. The monoisotopic (exact) mass is 764 g/mol. The molecular weight excluding hydrogens is 725 g/mol. The standard InChI is InChI=1S/C40H40N4O10Si/c1-40(2,3)55(31-15-9-5-10-16-31,32-17-11-6-12-18-32)54-35-33-25-43(39(47)51-30-21-19-29(20-22-30)44(48)49)53-36(35)37(52-33)41-24-23-34(45)42(38(41)46)27-50-26-28-13-7-4-8-14-28/h4-24,33,35-37H,25-27H2,1-3H3/t33-,35-,36+,37-/m1/s1. The molecule has 0 unspecified atom stereocenters. The number of non-ortho nitro benzene ring substituents is 1. The van der Waals surface area contributed by atoms with Crippen molar-refractivity contribution in [2.75, 3.05) is 6.54 Å². The van der Waals surface area contributed by atoms with E-state index in [-0.39, 0.29) is 31.3 Å². The van der Waals surface area contributed by atoms with Gasteiger partial charge in [-0.3, -0.25) is 24.3 Å². The lowest BCUT2D eigenvalue weighted by Crippen LogP contribution is -2.70. The molecular formula is C40H40N4O10Si. The smallest absolute Gasteiger partial charge is 0.409 e. The van der Waals surface area contributed by atoms with Crippen LogP contribution in [0.3, 0.4) is 0 Å². The van der Waals surface area contributed by atoms with Crippen molar-refractivity contribution in [1.82, 2.24) is 14.2 Å². The molecule has 1 aromatic heterocycles. The molecule has 1 amide bonds. The summed E-state index contributed by atoms with van der Waals surface area (Å²) in [6.45, 7) is 6.11. The molecule has 2 aliphatic heterocycles. The van der Waals surface area contributed by atoms with Gasteiger partial charge in [0, 0.05) is 24.4 Å². The first-order valence-corrected chi connectivity index (χ1v) is 19.7. The Morgan fingerprint density at radius 1 is 0.873 bits per heavy atom. The van der Waals surface area contributed by atoms with E-state index in [1.807, 2.05) is 66.7 Å². The molecule has 0 radical (unpaired) electrons. The van der Waals surface area contributed by atoms with Gasteiger partial charge in [-0.2, -0.15) is 5.06 Å². The summed E-state index contributed by atoms with van der Waals surface area (Å²) in [4.78, 5) is 57.6. The van der Waals surface area contributed by atoms with Gasteiger partial charge in [-0.1, -0.05) is 112 Å². The minimum Gasteiger partial charge on any atom is -0.409 e. The number of ether oxygens (including phenoxy) is 3. The van der Waals surface area contributed by atoms with E-state index >= 15 is 0 Å². The molecule has 2 bridgehead atoms. The van der Waals surface area contributed by atoms with E-state index in [0.29, 0.717) is 0 Å². The Morgan fingerprint density at radius 3 is 2.05 bits per heavy atom. The Balaban J connectivity index is 1.25. The first kappa shape index (κ1) is 37.6. The molecule has 5 aromatic rings. The normalized spacial score (nSPS) is 19.6. The van der Waals surface area contributed by atoms with E-state index in [1.54, 1.807) is 0 Å². The number of hydrogen-bond acceptors (Lipinski definition) is 10. The number of carbonyl (C=O) groups is 1. The zero-order valence-electron chi connectivity index (χ0n) is 30.4. The molecule has 2 fully saturated rings. The Kier molecular flexibility index (Phi) is 10.6. The van der Waals surface area contributed by atoms with Crippen molar-refractivity contribution < 1.29 is 33.2 Å². The lowest BCUT2D eigenvalue weighted by Gasteiger charge is -2.47. The van der Waals surface area contributed by atoms with Gasteiger partial charge < -0.3 is 18.6 Å². The topological polar surface area (TPSA) is 154 Å². The van der Waals surface area contributed by atoms with Crippen molar-refractivity contribution >= 4 is 30.5 Å². The maximum atomic E-state index is 14.1. The van der Waals surface area contributed by atoms with Crippen LogP contribution in [0.25, 0.3) is 0 Å². The number of rotatable bonds is 11. The lowest BCUT2D eigenvalue weighted by atomic mass is 10.1. The first-order chi connectivity index (χ1) is 26.5. The van der Waals surface area contributed by atoms with E-state index in [4.69, 9.17) is 23.5 Å². The van der Waals surface area contributed by atoms with Crippen molar-refractivity contribution in [3.63, 3.8) is 0 Å². The molecule has 3 heterocycles. The number of hydrogen-bond donors (Lipinski definition) is 0. The molecule has 55 heavy (non-hydrogen) atoms. The van der Waals surface area contributed by atoms with E-state index in [9.17, 15) is 24.5 Å². The van der Waals surface area contributed by atoms with Crippen LogP contribution in [0.15, 0.2) is 137 Å². The van der Waals surface area contributed by atoms with E-state index < -0.39 is 60.2 Å². The Morgan fingerprint density at radius 2 is 1.47 bits per heavy atom. The molecule has 4 atom stereocenters. The summed E-state index contributed by atoms with van der Waals surface area (Å²) in [6.07, 6.45) is -3.41. The highest BCUT2D eigenvalue weighted by atomic mass is 28.4. The maximum Gasteiger partial charge on any atom is 0.439 e. The number of benzene rings is 4. The zero-order chi connectivity index (χ0) is 38.7. The van der Waals surface area contributed by atoms with Gasteiger partial charge >= 0.3 is 11.8 Å². The zero-order valence-corrected chi connectivity index (χ0v) is 31.4. The van der Waals surface area contributed by atoms with E-state index in [1.165, 1.54) is 41.1 Å². The van der Waals surface area contributed by atoms with Gasteiger partial charge in [0.15, 0.2) is 12.3 Å². The third-order valence-corrected chi connectivity index (χ3v) is 14.8. The Hall–Kier alpha value is -5.71. The van der Waals surface area contributed by atoms with E-state index in [2.05, 4.69) is 45.0 Å². The van der Waals surface area contributed by atoms with Crippen LogP contribution in [0, 0.1) is 10.1 Å². The highest BCUT2D eigenvalue weighted by Crippen LogP contribution is 2.44. The fourth-order valence-electron chi connectivity index (χ4n) is 7.16. The molecule has 14 nitrogen and oxygen atoms in total. The van der Waals surface area contributed by atoms with Crippen LogP contribution < -0.4 is 26.4 Å². The lowest BCUT2D eigenvalue weighted by molar-refractivity contribution is -0.384. The second-order valence-corrected chi connectivity index (χ2v) is 18.5. The molecule has 0 N–H and O–H groups in total. The second-order valence-electron chi connectivity index (χ2n) is 14.3. The van der Waals surface area contributed by atoms with Gasteiger partial charge in [-0.25, -0.2) is 14.2 Å². The largest absolute Gasteiger partial charge is 0.439 e. The summed E-state index contributed by atoms with van der Waals surface area (Å²) < 4.78 is 27.6. The van der Waals surface area contributed by atoms with Crippen LogP contribution >= 0.6 is 0 Å². The van der Waals surface area contributed by atoms with Crippen LogP contribution in [0.4, 0.5) is 10.5 Å². The number of aromatic nitrogens is 2. The van der Waals surface area contributed by atoms with Crippen LogP contribution in [0.2, 0.25) is 5.04 Å². The third-order valence-electron chi connectivity index (χ3n) is 9.77. The number of carbonyl (C=O) groups excluding carboxylic acids is 1. The fraction of sp³-hybridized carbons (Fsp3) is 0.275. The molecule has 0 aliphatic carbocycles. The minimum absolute atomic E-state index is 0.0634.